The number of carbonyl (C=O) groups is 1. The number of rotatable bonds is 9. The molecule has 0 bridgehead atoms. The first-order chi connectivity index (χ1) is 19.4. The molecule has 0 aliphatic heterocycles. The maximum atomic E-state index is 13.1. The molecule has 40 heavy (non-hydrogen) atoms. The molecule has 4 aromatic rings. The van der Waals surface area contributed by atoms with Gasteiger partial charge in [0.15, 0.2) is 0 Å². The minimum Gasteiger partial charge on any atom is -0.297 e. The Morgan fingerprint density at radius 3 is 1.60 bits per heavy atom. The third-order valence-electron chi connectivity index (χ3n) is 5.94. The normalized spacial score (nSPS) is 10.2. The topological polar surface area (TPSA) is 38.8 Å². The Labute approximate surface area is 248 Å². The highest BCUT2D eigenvalue weighted by Crippen LogP contribution is 2.26. The Hall–Kier alpha value is -4.59. The lowest BCUT2D eigenvalue weighted by Crippen LogP contribution is -2.49. The number of benzene rings is 4. The van der Waals surface area contributed by atoms with Crippen LogP contribution in [0.25, 0.3) is 0 Å². The van der Waals surface area contributed by atoms with Crippen molar-refractivity contribution < 1.29 is 6.22 Å². The molecule has 4 aromatic carbocycles. The molecule has 4 rings (SSSR count). The first-order valence-corrected chi connectivity index (χ1v) is 13.5. The van der Waals surface area contributed by atoms with Gasteiger partial charge in [0, 0.05) is 37.3 Å². The van der Waals surface area contributed by atoms with Crippen molar-refractivity contribution >= 4 is 51.7 Å². The van der Waals surface area contributed by atoms with E-state index in [1.165, 1.54) is 11.9 Å². The van der Waals surface area contributed by atoms with Gasteiger partial charge in [0.05, 0.1) is 11.4 Å². The molecule has 1 N–H and O–H groups in total. The largest absolute Gasteiger partial charge is 0.297 e. The lowest BCUT2D eigenvalue weighted by Gasteiger charge is -2.38. The molecule has 1 amide bonds. The number of hydrazine groups is 2. The van der Waals surface area contributed by atoms with Gasteiger partial charge < -0.3 is 0 Å². The van der Waals surface area contributed by atoms with Crippen LogP contribution in [0.4, 0.5) is 11.4 Å². The zero-order valence-corrected chi connectivity index (χ0v) is 23.9. The van der Waals surface area contributed by atoms with E-state index in [4.69, 9.17) is 24.4 Å². The van der Waals surface area contributed by atoms with Crippen LogP contribution in [0.5, 0.6) is 0 Å². The summed E-state index contributed by atoms with van der Waals surface area (Å²) in [6, 6.07) is 38.6. The lowest BCUT2D eigenvalue weighted by atomic mass is 10.2. The fraction of sp³-hybridized carbons (Fsp3) is 0.0606. The molecular formula is C33H32N4OS2. The molecule has 0 aliphatic carbocycles. The number of nitrogens with zero attached hydrogens (tertiary/aromatic N) is 3. The molecule has 0 aliphatic rings. The van der Waals surface area contributed by atoms with E-state index >= 15 is 0 Å². The summed E-state index contributed by atoms with van der Waals surface area (Å²) >= 11 is 11.8. The summed E-state index contributed by atoms with van der Waals surface area (Å²) in [4.78, 5) is 14.2. The van der Waals surface area contributed by atoms with Crippen molar-refractivity contribution in [1.82, 2.24) is 10.4 Å². The summed E-state index contributed by atoms with van der Waals surface area (Å²) in [5.74, 6) is -0.236. The number of hydrogen-bond acceptors (Lipinski definition) is 4. The van der Waals surface area contributed by atoms with E-state index in [2.05, 4.69) is 18.6 Å². The molecule has 0 unspecified atom stereocenters. The quantitative estimate of drug-likeness (QED) is 0.166. The number of para-hydroxylation sites is 2. The van der Waals surface area contributed by atoms with Crippen molar-refractivity contribution in [1.29, 1.82) is 0 Å². The van der Waals surface area contributed by atoms with Gasteiger partial charge in [-0.2, -0.15) is 0 Å². The number of nitrogens with one attached hydrogen (secondary N) is 1. The maximum Gasteiger partial charge on any atom is 0.242 e. The van der Waals surface area contributed by atoms with Gasteiger partial charge in [0.1, 0.15) is 9.98 Å². The molecule has 0 saturated carbocycles. The van der Waals surface area contributed by atoms with Crippen LogP contribution in [0.3, 0.4) is 0 Å². The van der Waals surface area contributed by atoms with Crippen molar-refractivity contribution in [3.63, 3.8) is 0 Å². The second-order valence-electron chi connectivity index (χ2n) is 8.95. The fourth-order valence-corrected chi connectivity index (χ4v) is 4.75. The summed E-state index contributed by atoms with van der Waals surface area (Å²) < 4.78 is 0. The molecule has 0 atom stereocenters. The predicted octanol–water partition coefficient (Wildman–Crippen LogP) is 7.68. The summed E-state index contributed by atoms with van der Waals surface area (Å²) in [7, 11) is 0. The second-order valence-corrected chi connectivity index (χ2v) is 9.72. The zero-order valence-electron chi connectivity index (χ0n) is 22.2. The fourth-order valence-electron chi connectivity index (χ4n) is 4.14. The Kier molecular flexibility index (Phi) is 9.57. The zero-order chi connectivity index (χ0) is 28.5. The van der Waals surface area contributed by atoms with Gasteiger partial charge in [-0.25, -0.2) is 15.0 Å². The molecular weight excluding hydrogens is 533 g/mol. The van der Waals surface area contributed by atoms with Crippen molar-refractivity contribution in [3.8, 4) is 0 Å². The molecule has 5 nitrogen and oxygen atoms in total. The lowest BCUT2D eigenvalue weighted by molar-refractivity contribution is -0.126. The Morgan fingerprint density at radius 1 is 0.700 bits per heavy atom. The van der Waals surface area contributed by atoms with E-state index in [0.29, 0.717) is 21.4 Å². The predicted molar refractivity (Wildman–Crippen MR) is 175 cm³/mol. The van der Waals surface area contributed by atoms with Gasteiger partial charge >= 0.3 is 0 Å². The van der Waals surface area contributed by atoms with E-state index in [1.807, 2.05) is 126 Å². The third kappa shape index (κ3) is 6.88. The monoisotopic (exact) mass is 564 g/mol. The highest BCUT2D eigenvalue weighted by molar-refractivity contribution is 7.81. The summed E-state index contributed by atoms with van der Waals surface area (Å²) in [6.07, 6.45) is 0.251. The third-order valence-corrected chi connectivity index (χ3v) is 6.76. The molecule has 0 radical (unpaired) electrons. The van der Waals surface area contributed by atoms with Crippen molar-refractivity contribution in [3.05, 3.63) is 157 Å². The van der Waals surface area contributed by atoms with Crippen LogP contribution in [0, 0.1) is 0 Å². The van der Waals surface area contributed by atoms with Crippen LogP contribution in [-0.4, -0.2) is 20.9 Å². The summed E-state index contributed by atoms with van der Waals surface area (Å²) in [6.45, 7) is 10.0. The average Bonchev–Trinajstić information content (AvgIpc) is 2.99. The molecule has 0 aromatic heterocycles. The highest BCUT2D eigenvalue weighted by atomic mass is 32.1. The van der Waals surface area contributed by atoms with E-state index in [-0.39, 0.29) is 13.8 Å². The summed E-state index contributed by atoms with van der Waals surface area (Å²) in [5, 5.41) is 5.02. The van der Waals surface area contributed by atoms with Crippen LogP contribution >= 0.6 is 24.4 Å². The Balaban J connectivity index is 0.00000462. The van der Waals surface area contributed by atoms with E-state index in [1.54, 1.807) is 5.01 Å². The van der Waals surface area contributed by atoms with Crippen LogP contribution in [0.15, 0.2) is 146 Å². The molecule has 0 heterocycles. The smallest absolute Gasteiger partial charge is 0.242 e. The van der Waals surface area contributed by atoms with Gasteiger partial charge in [-0.1, -0.05) is 135 Å². The minimum atomic E-state index is -0.236. The number of hydrogen-bond donors (Lipinski definition) is 1. The van der Waals surface area contributed by atoms with E-state index in [9.17, 15) is 4.79 Å². The minimum absolute atomic E-state index is 0. The Morgan fingerprint density at radius 2 is 1.12 bits per heavy atom. The van der Waals surface area contributed by atoms with Crippen molar-refractivity contribution in [2.75, 3.05) is 10.0 Å². The van der Waals surface area contributed by atoms with Gasteiger partial charge in [-0.15, -0.1) is 0 Å². The molecule has 7 heteroatoms. The summed E-state index contributed by atoms with van der Waals surface area (Å²) in [5.41, 5.74) is 7.71. The standard InChI is InChI=1S/C33H30N4OS2.H2/c1-25(34-35(30-20-12-6-13-21-30)32(39)28-16-8-4-9-17-28)24-26(2)36(27(3)38)37(31-22-14-7-15-23-31)33(40)29-18-10-5-11-19-29;/h4-23,34H,1-2,24H2,3H3;1H. The number of thiocarbonyl (C=S) groups is 2. The molecule has 202 valence electrons. The first-order valence-electron chi connectivity index (χ1n) is 12.7. The molecule has 0 spiro atoms. The van der Waals surface area contributed by atoms with Crippen LogP contribution in [-0.2, 0) is 4.79 Å². The Bertz CT molecular complexity index is 1500. The molecule has 0 saturated heterocycles. The van der Waals surface area contributed by atoms with Gasteiger partial charge in [-0.05, 0) is 24.3 Å². The van der Waals surface area contributed by atoms with Gasteiger partial charge in [0.2, 0.25) is 5.91 Å². The second kappa shape index (κ2) is 13.5. The van der Waals surface area contributed by atoms with E-state index < -0.39 is 0 Å². The average molecular weight is 565 g/mol. The van der Waals surface area contributed by atoms with Gasteiger partial charge in [-0.3, -0.25) is 10.2 Å². The van der Waals surface area contributed by atoms with Gasteiger partial charge in [0.25, 0.3) is 0 Å². The van der Waals surface area contributed by atoms with Crippen molar-refractivity contribution in [2.45, 2.75) is 13.3 Å². The number of carbonyl (C=O) groups excluding carboxylic acids is 1. The van der Waals surface area contributed by atoms with Crippen LogP contribution < -0.4 is 15.4 Å². The van der Waals surface area contributed by atoms with Crippen molar-refractivity contribution in [2.24, 2.45) is 0 Å². The molecule has 0 fully saturated rings. The van der Waals surface area contributed by atoms with Crippen LogP contribution in [0.2, 0.25) is 0 Å². The number of anilines is 2. The van der Waals surface area contributed by atoms with Crippen LogP contribution in [0.1, 0.15) is 25.9 Å². The first kappa shape index (κ1) is 28.4. The maximum absolute atomic E-state index is 13.1. The SMILES string of the molecule is C=C(CC(=C)N(C(C)=O)N(C(=S)c1ccccc1)c1ccccc1)NN(C(=S)c1ccccc1)c1ccccc1.[HH]. The highest BCUT2D eigenvalue weighted by Gasteiger charge is 2.27. The number of amides is 1. The van der Waals surface area contributed by atoms with E-state index in [0.717, 1.165) is 22.5 Å².